The minimum Gasteiger partial charge on any atom is -0.491 e. The molecular weight excluding hydrogens is 326 g/mol. The number of benzene rings is 1. The summed E-state index contributed by atoms with van der Waals surface area (Å²) >= 11 is 1.32. The summed E-state index contributed by atoms with van der Waals surface area (Å²) < 4.78 is 5.87. The van der Waals surface area contributed by atoms with Crippen LogP contribution in [0.4, 0.5) is 5.82 Å². The number of rotatable bonds is 4. The number of aromatic nitrogens is 2. The van der Waals surface area contributed by atoms with Gasteiger partial charge in [-0.05, 0) is 26.2 Å². The molecule has 0 fully saturated rings. The van der Waals surface area contributed by atoms with Gasteiger partial charge in [-0.3, -0.25) is 9.59 Å². The van der Waals surface area contributed by atoms with Crippen LogP contribution >= 0.6 is 11.8 Å². The molecule has 2 heterocycles. The number of anilines is 1. The van der Waals surface area contributed by atoms with Crippen LogP contribution < -0.4 is 15.6 Å². The Labute approximate surface area is 144 Å². The van der Waals surface area contributed by atoms with E-state index >= 15 is 0 Å². The highest BCUT2D eigenvalue weighted by molar-refractivity contribution is 7.98. The smallest absolute Gasteiger partial charge is 0.257 e. The Morgan fingerprint density at radius 2 is 2.04 bits per heavy atom. The molecule has 24 heavy (non-hydrogen) atoms. The van der Waals surface area contributed by atoms with E-state index < -0.39 is 0 Å². The van der Waals surface area contributed by atoms with Gasteiger partial charge in [-0.25, -0.2) is 4.98 Å². The van der Waals surface area contributed by atoms with Gasteiger partial charge in [0.25, 0.3) is 5.56 Å². The highest BCUT2D eigenvalue weighted by Gasteiger charge is 2.32. The van der Waals surface area contributed by atoms with Gasteiger partial charge in [-0.1, -0.05) is 30.0 Å². The number of ether oxygens (including phenoxy) is 1. The molecule has 1 amide bonds. The molecule has 1 aliphatic heterocycles. The van der Waals surface area contributed by atoms with Crippen molar-refractivity contribution in [1.29, 1.82) is 0 Å². The maximum absolute atomic E-state index is 12.6. The lowest BCUT2D eigenvalue weighted by atomic mass is 9.86. The second-order valence-electron chi connectivity index (χ2n) is 5.85. The van der Waals surface area contributed by atoms with E-state index in [1.807, 2.05) is 44.4 Å². The quantitative estimate of drug-likeness (QED) is 0.657. The molecule has 0 aliphatic carbocycles. The Bertz CT molecular complexity index is 832. The summed E-state index contributed by atoms with van der Waals surface area (Å²) in [5.41, 5.74) is 1.08. The monoisotopic (exact) mass is 345 g/mol. The van der Waals surface area contributed by atoms with E-state index in [0.717, 1.165) is 5.56 Å². The highest BCUT2D eigenvalue weighted by atomic mass is 32.2. The van der Waals surface area contributed by atoms with Crippen LogP contribution in [0, 0.1) is 0 Å². The first kappa shape index (κ1) is 16.6. The zero-order chi connectivity index (χ0) is 17.3. The summed E-state index contributed by atoms with van der Waals surface area (Å²) in [5.74, 6) is 0.489. The molecule has 3 rings (SSSR count). The number of nitrogens with one attached hydrogen (secondary N) is 2. The van der Waals surface area contributed by atoms with Gasteiger partial charge in [0.2, 0.25) is 5.91 Å². The molecule has 2 N–H and O–H groups in total. The normalized spacial score (nSPS) is 16.7. The van der Waals surface area contributed by atoms with Crippen molar-refractivity contribution in [2.24, 2.45) is 0 Å². The van der Waals surface area contributed by atoms with Crippen molar-refractivity contribution in [3.8, 4) is 5.75 Å². The number of carbonyl (C=O) groups excluding carboxylic acids is 1. The molecule has 0 saturated heterocycles. The number of H-pyrrole nitrogens is 1. The molecule has 1 aromatic heterocycles. The number of amides is 1. The van der Waals surface area contributed by atoms with Gasteiger partial charge in [0.1, 0.15) is 11.6 Å². The van der Waals surface area contributed by atoms with Crippen LogP contribution in [0.15, 0.2) is 34.2 Å². The van der Waals surface area contributed by atoms with Crippen molar-refractivity contribution < 1.29 is 9.53 Å². The van der Waals surface area contributed by atoms with Crippen molar-refractivity contribution >= 4 is 23.5 Å². The van der Waals surface area contributed by atoms with Crippen LogP contribution in [0.25, 0.3) is 0 Å². The average molecular weight is 345 g/mol. The summed E-state index contributed by atoms with van der Waals surface area (Å²) in [6.45, 7) is 3.88. The van der Waals surface area contributed by atoms with Crippen molar-refractivity contribution in [2.45, 2.75) is 37.4 Å². The average Bonchev–Trinajstić information content (AvgIpc) is 2.53. The molecule has 0 spiro atoms. The fourth-order valence-electron chi connectivity index (χ4n) is 2.84. The number of thioether (sulfide) groups is 1. The molecular formula is C17H19N3O3S. The van der Waals surface area contributed by atoms with Gasteiger partial charge < -0.3 is 15.0 Å². The third kappa shape index (κ3) is 3.17. The molecule has 0 unspecified atom stereocenters. The topological polar surface area (TPSA) is 84.1 Å². The predicted molar refractivity (Wildman–Crippen MR) is 93.9 cm³/mol. The lowest BCUT2D eigenvalue weighted by molar-refractivity contribution is -0.116. The van der Waals surface area contributed by atoms with E-state index in [9.17, 15) is 9.59 Å². The van der Waals surface area contributed by atoms with Gasteiger partial charge in [0, 0.05) is 17.9 Å². The lowest BCUT2D eigenvalue weighted by Gasteiger charge is -2.26. The lowest BCUT2D eigenvalue weighted by Crippen LogP contribution is -2.31. The fourth-order valence-corrected chi connectivity index (χ4v) is 3.22. The summed E-state index contributed by atoms with van der Waals surface area (Å²) in [6, 6.07) is 7.52. The van der Waals surface area contributed by atoms with Crippen molar-refractivity contribution in [3.63, 3.8) is 0 Å². The molecule has 0 bridgehead atoms. The minimum atomic E-state index is -0.379. The largest absolute Gasteiger partial charge is 0.491 e. The molecule has 0 saturated carbocycles. The molecule has 1 aliphatic rings. The van der Waals surface area contributed by atoms with Crippen LogP contribution in [0.2, 0.25) is 0 Å². The Morgan fingerprint density at radius 3 is 2.75 bits per heavy atom. The first-order valence-electron chi connectivity index (χ1n) is 7.73. The van der Waals surface area contributed by atoms with Gasteiger partial charge in [0.15, 0.2) is 5.16 Å². The Morgan fingerprint density at radius 1 is 1.29 bits per heavy atom. The van der Waals surface area contributed by atoms with Crippen LogP contribution in [0.3, 0.4) is 0 Å². The predicted octanol–water partition coefficient (Wildman–Crippen LogP) is 2.75. The molecule has 1 atom stereocenters. The zero-order valence-corrected chi connectivity index (χ0v) is 14.6. The summed E-state index contributed by atoms with van der Waals surface area (Å²) in [6.07, 6.45) is 2.01. The van der Waals surface area contributed by atoms with Crippen molar-refractivity contribution in [1.82, 2.24) is 9.97 Å². The first-order valence-corrected chi connectivity index (χ1v) is 8.95. The fraction of sp³-hybridized carbons (Fsp3) is 0.353. The van der Waals surface area contributed by atoms with Gasteiger partial charge in [-0.15, -0.1) is 0 Å². The summed E-state index contributed by atoms with van der Waals surface area (Å²) in [7, 11) is 0. The van der Waals surface area contributed by atoms with E-state index in [0.29, 0.717) is 22.3 Å². The number of para-hydroxylation sites is 1. The van der Waals surface area contributed by atoms with E-state index in [4.69, 9.17) is 4.74 Å². The molecule has 0 radical (unpaired) electrons. The minimum absolute atomic E-state index is 0.00156. The summed E-state index contributed by atoms with van der Waals surface area (Å²) in [4.78, 5) is 31.8. The van der Waals surface area contributed by atoms with E-state index in [1.54, 1.807) is 0 Å². The zero-order valence-electron chi connectivity index (χ0n) is 13.8. The third-order valence-corrected chi connectivity index (χ3v) is 4.36. The van der Waals surface area contributed by atoms with E-state index in [2.05, 4.69) is 15.3 Å². The van der Waals surface area contributed by atoms with E-state index in [1.165, 1.54) is 11.8 Å². The second-order valence-corrected chi connectivity index (χ2v) is 6.64. The Balaban J connectivity index is 2.15. The Kier molecular flexibility index (Phi) is 4.62. The maximum Gasteiger partial charge on any atom is 0.257 e. The van der Waals surface area contributed by atoms with Crippen LogP contribution in [-0.4, -0.2) is 28.2 Å². The molecule has 2 aromatic rings. The number of hydrogen-bond donors (Lipinski definition) is 2. The molecule has 1 aromatic carbocycles. The molecule has 126 valence electrons. The van der Waals surface area contributed by atoms with Crippen molar-refractivity contribution in [2.75, 3.05) is 11.6 Å². The Hall–Kier alpha value is -2.28. The van der Waals surface area contributed by atoms with Gasteiger partial charge in [-0.2, -0.15) is 0 Å². The number of carbonyl (C=O) groups is 1. The van der Waals surface area contributed by atoms with Crippen molar-refractivity contribution in [3.05, 3.63) is 45.7 Å². The first-order chi connectivity index (χ1) is 11.5. The second kappa shape index (κ2) is 6.68. The molecule has 7 heteroatoms. The van der Waals surface area contributed by atoms with Crippen LogP contribution in [0.5, 0.6) is 5.75 Å². The van der Waals surface area contributed by atoms with Gasteiger partial charge in [0.05, 0.1) is 11.7 Å². The summed E-state index contributed by atoms with van der Waals surface area (Å²) in [5, 5.41) is 3.19. The number of nitrogens with zero attached hydrogens (tertiary/aromatic N) is 1. The number of fused-ring (bicyclic) bond motifs is 1. The van der Waals surface area contributed by atoms with Crippen LogP contribution in [0.1, 0.15) is 37.3 Å². The van der Waals surface area contributed by atoms with E-state index in [-0.39, 0.29) is 29.9 Å². The molecule has 6 nitrogen and oxygen atoms in total. The third-order valence-electron chi connectivity index (χ3n) is 3.78. The maximum atomic E-state index is 12.6. The highest BCUT2D eigenvalue weighted by Crippen LogP contribution is 2.38. The number of hydrogen-bond acceptors (Lipinski definition) is 5. The SMILES string of the molecule is CSc1nc2c(c(=O)[nH]1)[C@H](c1ccccc1OC(C)C)CC(=O)N2. The number of aromatic amines is 1. The van der Waals surface area contributed by atoms with Gasteiger partial charge >= 0.3 is 0 Å². The van der Waals surface area contributed by atoms with Crippen LogP contribution in [-0.2, 0) is 4.79 Å². The standard InChI is InChI=1S/C17H19N3O3S/c1-9(2)23-12-7-5-4-6-10(12)11-8-13(21)18-15-14(11)16(22)20-17(19-15)24-3/h4-7,9,11H,8H2,1-3H3,(H2,18,19,20,21,22)/t11-/m0/s1.